The molecular weight excluding hydrogens is 272 g/mol. The lowest BCUT2D eigenvalue weighted by atomic mass is 10.00. The van der Waals surface area contributed by atoms with Crippen LogP contribution in [0.4, 0.5) is 0 Å². The fourth-order valence-corrected chi connectivity index (χ4v) is 3.60. The molecule has 5 nitrogen and oxygen atoms in total. The molecule has 0 radical (unpaired) electrons. The van der Waals surface area contributed by atoms with E-state index in [1.54, 1.807) is 11.8 Å². The summed E-state index contributed by atoms with van der Waals surface area (Å²) in [5, 5.41) is 2.49. The van der Waals surface area contributed by atoms with E-state index in [-0.39, 0.29) is 5.91 Å². The molecule has 2 unspecified atom stereocenters. The minimum absolute atomic E-state index is 0.149. The number of carbonyl (C=O) groups is 1. The summed E-state index contributed by atoms with van der Waals surface area (Å²) in [4.78, 5) is 13.2. The summed E-state index contributed by atoms with van der Waals surface area (Å²) in [5.41, 5.74) is 9.22. The molecule has 0 aliphatic carbocycles. The first-order valence-corrected chi connectivity index (χ1v) is 7.89. The summed E-state index contributed by atoms with van der Waals surface area (Å²) in [7, 11) is 0. The van der Waals surface area contributed by atoms with Gasteiger partial charge in [-0.1, -0.05) is 42.6 Å². The molecule has 3 rings (SSSR count). The number of rotatable bonds is 2. The van der Waals surface area contributed by atoms with Crippen molar-refractivity contribution in [2.24, 2.45) is 0 Å². The van der Waals surface area contributed by atoms with Crippen molar-refractivity contribution >= 4 is 17.7 Å². The minimum Gasteiger partial charge on any atom is -0.310 e. The number of hydrogen-bond acceptors (Lipinski definition) is 4. The van der Waals surface area contributed by atoms with Gasteiger partial charge in [0.1, 0.15) is 12.2 Å². The largest absolute Gasteiger partial charge is 0.310 e. The van der Waals surface area contributed by atoms with E-state index in [2.05, 4.69) is 47.0 Å². The highest BCUT2D eigenvalue weighted by molar-refractivity contribution is 7.99. The molecule has 1 saturated heterocycles. The topological polar surface area (TPSA) is 57.6 Å². The fourth-order valence-electron chi connectivity index (χ4n) is 2.79. The molecule has 1 amide bonds. The van der Waals surface area contributed by atoms with E-state index in [4.69, 9.17) is 0 Å². The van der Waals surface area contributed by atoms with E-state index in [9.17, 15) is 4.79 Å². The number of amides is 1. The Hall–Kier alpha value is -1.50. The summed E-state index contributed by atoms with van der Waals surface area (Å²) < 4.78 is 0. The number of benzene rings is 1. The quantitative estimate of drug-likeness (QED) is 0.547. The van der Waals surface area contributed by atoms with Gasteiger partial charge in [0.2, 0.25) is 0 Å². The first kappa shape index (κ1) is 13.5. The maximum atomic E-state index is 11.9. The van der Waals surface area contributed by atoms with Crippen molar-refractivity contribution in [3.63, 3.8) is 0 Å². The van der Waals surface area contributed by atoms with Crippen LogP contribution in [-0.4, -0.2) is 23.8 Å². The zero-order valence-corrected chi connectivity index (χ0v) is 12.3. The van der Waals surface area contributed by atoms with Gasteiger partial charge < -0.3 is 5.43 Å². The molecule has 2 aliphatic heterocycles. The van der Waals surface area contributed by atoms with Crippen LogP contribution in [0.25, 0.3) is 0 Å². The van der Waals surface area contributed by atoms with E-state index >= 15 is 0 Å². The number of thioether (sulfide) groups is 1. The summed E-state index contributed by atoms with van der Waals surface area (Å²) in [6, 6.07) is 8.51. The zero-order chi connectivity index (χ0) is 14.2. The lowest BCUT2D eigenvalue weighted by molar-refractivity contribution is -0.957. The molecule has 1 aromatic carbocycles. The third-order valence-corrected chi connectivity index (χ3v) is 5.08. The van der Waals surface area contributed by atoms with Crippen molar-refractivity contribution in [3.8, 4) is 0 Å². The predicted octanol–water partition coefficient (Wildman–Crippen LogP) is -0.660. The van der Waals surface area contributed by atoms with Crippen LogP contribution in [0.15, 0.2) is 36.5 Å². The molecule has 1 aromatic rings. The number of hydrogen-bond donors (Lipinski definition) is 4. The van der Waals surface area contributed by atoms with Crippen LogP contribution in [0.2, 0.25) is 0 Å². The molecular formula is C14H19N4OS+. The van der Waals surface area contributed by atoms with Crippen molar-refractivity contribution in [2.45, 2.75) is 18.1 Å². The Kier molecular flexibility index (Phi) is 3.45. The average molecular weight is 291 g/mol. The Morgan fingerprint density at radius 1 is 1.35 bits per heavy atom. The second-order valence-corrected chi connectivity index (χ2v) is 6.14. The summed E-state index contributed by atoms with van der Waals surface area (Å²) >= 11 is 1.60. The lowest BCUT2D eigenvalue weighted by Crippen LogP contribution is -3.24. The van der Waals surface area contributed by atoms with Gasteiger partial charge in [0.25, 0.3) is 11.0 Å². The Morgan fingerprint density at radius 3 is 2.80 bits per heavy atom. The maximum absolute atomic E-state index is 11.9. The third-order valence-electron chi connectivity index (χ3n) is 3.98. The molecule has 4 N–H and O–H groups in total. The molecule has 106 valence electrons. The molecule has 0 aromatic heterocycles. The average Bonchev–Trinajstić information content (AvgIpc) is 2.50. The van der Waals surface area contributed by atoms with Gasteiger partial charge in [-0.05, 0) is 11.8 Å². The normalized spacial score (nSPS) is 29.4. The van der Waals surface area contributed by atoms with Crippen LogP contribution in [0.5, 0.6) is 0 Å². The second kappa shape index (κ2) is 5.12. The number of hydrazine groups is 1. The van der Waals surface area contributed by atoms with Crippen LogP contribution >= 0.6 is 11.8 Å². The Morgan fingerprint density at radius 2 is 2.10 bits per heavy atom. The Labute approximate surface area is 122 Å². The molecule has 1 fully saturated rings. The minimum atomic E-state index is -0.550. The monoisotopic (exact) mass is 291 g/mol. The molecule has 6 heteroatoms. The van der Waals surface area contributed by atoms with Crippen molar-refractivity contribution in [1.29, 1.82) is 0 Å². The number of quaternary nitrogens is 1. The fraction of sp³-hybridized carbons (Fsp3) is 0.357. The number of carbonyl (C=O) groups excluding carboxylic acids is 1. The summed E-state index contributed by atoms with van der Waals surface area (Å²) in [5.74, 6) is -0.149. The summed E-state index contributed by atoms with van der Waals surface area (Å²) in [6.45, 7) is 5.53. The van der Waals surface area contributed by atoms with Crippen molar-refractivity contribution in [1.82, 2.24) is 16.2 Å². The highest BCUT2D eigenvalue weighted by Gasteiger charge is 2.46. The highest BCUT2D eigenvalue weighted by Crippen LogP contribution is 2.17. The van der Waals surface area contributed by atoms with Crippen LogP contribution in [0.3, 0.4) is 0 Å². The van der Waals surface area contributed by atoms with Gasteiger partial charge in [0.05, 0.1) is 6.54 Å². The number of fused-ring (bicyclic) bond motifs is 1. The maximum Gasteiger partial charge on any atom is 0.298 e. The molecule has 0 bridgehead atoms. The van der Waals surface area contributed by atoms with Crippen LogP contribution < -0.4 is 21.1 Å². The van der Waals surface area contributed by atoms with E-state index in [1.165, 1.54) is 16.0 Å². The van der Waals surface area contributed by atoms with E-state index in [0.29, 0.717) is 5.70 Å². The van der Waals surface area contributed by atoms with Crippen molar-refractivity contribution in [3.05, 3.63) is 47.7 Å². The van der Waals surface area contributed by atoms with E-state index < -0.39 is 5.12 Å². The highest BCUT2D eigenvalue weighted by atomic mass is 32.2. The van der Waals surface area contributed by atoms with E-state index in [1.807, 2.05) is 6.26 Å². The number of nitrogens with one attached hydrogen (secondary N) is 4. The zero-order valence-electron chi connectivity index (χ0n) is 11.5. The molecule has 2 aliphatic rings. The van der Waals surface area contributed by atoms with Crippen molar-refractivity contribution in [2.75, 3.05) is 12.8 Å². The van der Waals surface area contributed by atoms with Crippen LogP contribution in [0, 0.1) is 0 Å². The smallest absolute Gasteiger partial charge is 0.298 e. The van der Waals surface area contributed by atoms with Gasteiger partial charge in [0, 0.05) is 12.0 Å². The predicted molar refractivity (Wildman–Crippen MR) is 79.5 cm³/mol. The first-order valence-electron chi connectivity index (χ1n) is 6.66. The van der Waals surface area contributed by atoms with Gasteiger partial charge in [0.15, 0.2) is 0 Å². The van der Waals surface area contributed by atoms with Gasteiger partial charge in [-0.25, -0.2) is 0 Å². The SMILES string of the molecule is C=C1NNC(SC)([NH+]2CCc3ccccc3C2)NC1=O. The van der Waals surface area contributed by atoms with Gasteiger partial charge in [-0.3, -0.25) is 15.0 Å². The Bertz CT molecular complexity index is 562. The van der Waals surface area contributed by atoms with E-state index in [0.717, 1.165) is 19.5 Å². The molecule has 0 saturated carbocycles. The molecule has 2 heterocycles. The molecule has 0 spiro atoms. The van der Waals surface area contributed by atoms with Crippen LogP contribution in [0.1, 0.15) is 11.1 Å². The lowest BCUT2D eigenvalue weighted by Gasteiger charge is -2.44. The first-order chi connectivity index (χ1) is 9.64. The third kappa shape index (κ3) is 2.19. The standard InChI is InChI=1S/C14H18N4OS/c1-10-13(19)15-14(20-2,17-16-10)18-8-7-11-5-3-4-6-12(11)9-18/h3-6,16-17H,1,7-9H2,2H3,(H,15,19)/p+1. The molecule has 20 heavy (non-hydrogen) atoms. The Balaban J connectivity index is 1.85. The molecule has 2 atom stereocenters. The second-order valence-electron chi connectivity index (χ2n) is 5.12. The van der Waals surface area contributed by atoms with Gasteiger partial charge >= 0.3 is 0 Å². The van der Waals surface area contributed by atoms with Gasteiger partial charge in [-0.15, -0.1) is 0 Å². The van der Waals surface area contributed by atoms with Gasteiger partial charge in [-0.2, -0.15) is 5.43 Å². The van der Waals surface area contributed by atoms with Crippen molar-refractivity contribution < 1.29 is 9.69 Å². The summed E-state index contributed by atoms with van der Waals surface area (Å²) in [6.07, 6.45) is 3.02. The van der Waals surface area contributed by atoms with Crippen LogP contribution in [-0.2, 0) is 17.8 Å².